The van der Waals surface area contributed by atoms with Gasteiger partial charge in [-0.2, -0.15) is 0 Å². The lowest BCUT2D eigenvalue weighted by Crippen LogP contribution is -2.41. The van der Waals surface area contributed by atoms with Gasteiger partial charge in [-0.25, -0.2) is 4.79 Å². The molecule has 5 heteroatoms. The molecule has 2 heterocycles. The molecule has 0 unspecified atom stereocenters. The first-order chi connectivity index (χ1) is 12.6. The van der Waals surface area contributed by atoms with Crippen LogP contribution in [0.3, 0.4) is 0 Å². The van der Waals surface area contributed by atoms with Crippen LogP contribution in [0.2, 0.25) is 0 Å². The van der Waals surface area contributed by atoms with Crippen molar-refractivity contribution in [3.05, 3.63) is 59.7 Å². The standard InChI is InChI=1S/C21H19NO4/c23-19(24)21-9-13(10-21)22(12-21)20(25)26-11-18-16-7-3-1-5-14(16)15-6-2-4-8-17(15)18/h1-8,13,18H,9-12H2,(H,23,24). The number of benzene rings is 2. The molecule has 2 aliphatic heterocycles. The number of rotatable bonds is 3. The molecule has 2 aliphatic carbocycles. The normalized spacial score (nSPS) is 25.4. The van der Waals surface area contributed by atoms with Crippen molar-refractivity contribution in [3.63, 3.8) is 0 Å². The molecule has 1 N–H and O–H groups in total. The maximum atomic E-state index is 12.5. The van der Waals surface area contributed by atoms with E-state index in [0.717, 1.165) is 0 Å². The fourth-order valence-electron chi connectivity index (χ4n) is 4.78. The van der Waals surface area contributed by atoms with Crippen molar-refractivity contribution < 1.29 is 19.4 Å². The molecule has 0 atom stereocenters. The number of carboxylic acids is 1. The van der Waals surface area contributed by atoms with Gasteiger partial charge in [0.25, 0.3) is 0 Å². The zero-order valence-electron chi connectivity index (χ0n) is 14.2. The van der Waals surface area contributed by atoms with Gasteiger partial charge in [0, 0.05) is 18.5 Å². The van der Waals surface area contributed by atoms with E-state index in [2.05, 4.69) is 24.3 Å². The summed E-state index contributed by atoms with van der Waals surface area (Å²) < 4.78 is 5.64. The minimum Gasteiger partial charge on any atom is -0.481 e. The SMILES string of the molecule is O=C(OCC1c2ccccc2-c2ccccc21)N1CC2(C(=O)O)CC1C2. The summed E-state index contributed by atoms with van der Waals surface area (Å²) in [5, 5.41) is 9.35. The molecule has 1 saturated carbocycles. The second kappa shape index (κ2) is 5.34. The summed E-state index contributed by atoms with van der Waals surface area (Å²) in [6, 6.07) is 16.4. The highest BCUT2D eigenvalue weighted by Crippen LogP contribution is 2.52. The maximum absolute atomic E-state index is 12.5. The lowest BCUT2D eigenvalue weighted by Gasteiger charge is -2.32. The average molecular weight is 349 g/mol. The summed E-state index contributed by atoms with van der Waals surface area (Å²) in [6.45, 7) is 0.541. The van der Waals surface area contributed by atoms with Crippen LogP contribution < -0.4 is 0 Å². The third-order valence-corrected chi connectivity index (χ3v) is 6.19. The number of aliphatic carboxylic acids is 1. The van der Waals surface area contributed by atoms with E-state index in [1.807, 2.05) is 24.3 Å². The topological polar surface area (TPSA) is 66.8 Å². The first-order valence-corrected chi connectivity index (χ1v) is 8.94. The van der Waals surface area contributed by atoms with Gasteiger partial charge < -0.3 is 14.7 Å². The number of hydrogen-bond donors (Lipinski definition) is 1. The van der Waals surface area contributed by atoms with Crippen LogP contribution in [0.4, 0.5) is 4.79 Å². The van der Waals surface area contributed by atoms with Crippen molar-refractivity contribution in [2.24, 2.45) is 5.41 Å². The Balaban J connectivity index is 1.34. The van der Waals surface area contributed by atoms with Gasteiger partial charge in [0.1, 0.15) is 6.61 Å². The van der Waals surface area contributed by atoms with Crippen molar-refractivity contribution in [1.82, 2.24) is 4.90 Å². The van der Waals surface area contributed by atoms with Crippen molar-refractivity contribution in [2.75, 3.05) is 13.2 Å². The summed E-state index contributed by atoms with van der Waals surface area (Å²) >= 11 is 0. The molecule has 5 nitrogen and oxygen atoms in total. The van der Waals surface area contributed by atoms with Crippen LogP contribution in [-0.4, -0.2) is 41.3 Å². The van der Waals surface area contributed by atoms with Gasteiger partial charge in [-0.15, -0.1) is 0 Å². The molecule has 2 aromatic rings. The number of carboxylic acid groups (broad SMARTS) is 1. The van der Waals surface area contributed by atoms with E-state index in [1.165, 1.54) is 22.3 Å². The minimum absolute atomic E-state index is 0.0155. The fraction of sp³-hybridized carbons (Fsp3) is 0.333. The first-order valence-electron chi connectivity index (χ1n) is 8.94. The molecular formula is C21H19NO4. The van der Waals surface area contributed by atoms with Crippen molar-refractivity contribution in [1.29, 1.82) is 0 Å². The predicted octanol–water partition coefficient (Wildman–Crippen LogP) is 3.48. The molecule has 2 saturated heterocycles. The summed E-state index contributed by atoms with van der Waals surface area (Å²) in [7, 11) is 0. The monoisotopic (exact) mass is 349 g/mol. The number of amides is 1. The van der Waals surface area contributed by atoms with Gasteiger partial charge in [0.15, 0.2) is 0 Å². The number of ether oxygens (including phenoxy) is 1. The Morgan fingerprint density at radius 3 is 2.15 bits per heavy atom. The van der Waals surface area contributed by atoms with Crippen LogP contribution in [-0.2, 0) is 9.53 Å². The van der Waals surface area contributed by atoms with E-state index in [1.54, 1.807) is 4.90 Å². The molecular weight excluding hydrogens is 330 g/mol. The molecule has 2 aromatic carbocycles. The van der Waals surface area contributed by atoms with Gasteiger partial charge >= 0.3 is 12.1 Å². The summed E-state index contributed by atoms with van der Waals surface area (Å²) in [5.41, 5.74) is 3.99. The quantitative estimate of drug-likeness (QED) is 0.921. The maximum Gasteiger partial charge on any atom is 0.410 e. The van der Waals surface area contributed by atoms with Crippen LogP contribution in [0.1, 0.15) is 29.9 Å². The molecule has 1 amide bonds. The largest absolute Gasteiger partial charge is 0.481 e. The van der Waals surface area contributed by atoms with Gasteiger partial charge in [-0.3, -0.25) is 4.79 Å². The van der Waals surface area contributed by atoms with Gasteiger partial charge in [0.05, 0.1) is 5.41 Å². The fourth-order valence-corrected chi connectivity index (χ4v) is 4.78. The number of nitrogens with zero attached hydrogens (tertiary/aromatic N) is 1. The van der Waals surface area contributed by atoms with Crippen molar-refractivity contribution in [3.8, 4) is 11.1 Å². The van der Waals surface area contributed by atoms with Crippen LogP contribution in [0.5, 0.6) is 0 Å². The van der Waals surface area contributed by atoms with E-state index >= 15 is 0 Å². The molecule has 26 heavy (non-hydrogen) atoms. The lowest BCUT2D eigenvalue weighted by atomic mass is 9.70. The number of carbonyl (C=O) groups is 2. The molecule has 2 bridgehead atoms. The molecule has 132 valence electrons. The van der Waals surface area contributed by atoms with Crippen molar-refractivity contribution >= 4 is 12.1 Å². The second-order valence-electron chi connectivity index (χ2n) is 7.58. The Bertz CT molecular complexity index is 870. The van der Waals surface area contributed by atoms with E-state index in [9.17, 15) is 14.7 Å². The Kier molecular flexibility index (Phi) is 3.17. The number of fused-ring (bicyclic) bond motifs is 4. The first kappa shape index (κ1) is 15.4. The lowest BCUT2D eigenvalue weighted by molar-refractivity contribution is -0.150. The van der Waals surface area contributed by atoms with Gasteiger partial charge in [0.2, 0.25) is 0 Å². The molecule has 0 aromatic heterocycles. The van der Waals surface area contributed by atoms with E-state index in [-0.39, 0.29) is 25.1 Å². The highest BCUT2D eigenvalue weighted by atomic mass is 16.6. The Morgan fingerprint density at radius 1 is 1.04 bits per heavy atom. The molecule has 0 spiro atoms. The van der Waals surface area contributed by atoms with Crippen molar-refractivity contribution in [2.45, 2.75) is 24.8 Å². The Hall–Kier alpha value is -2.82. The van der Waals surface area contributed by atoms with Gasteiger partial charge in [-0.1, -0.05) is 48.5 Å². The average Bonchev–Trinajstić information content (AvgIpc) is 3.28. The van der Waals surface area contributed by atoms with Crippen LogP contribution in [0.25, 0.3) is 11.1 Å². The highest BCUT2D eigenvalue weighted by Gasteiger charge is 2.61. The summed E-state index contributed by atoms with van der Waals surface area (Å²) in [4.78, 5) is 25.5. The Labute approximate surface area is 151 Å². The molecule has 3 fully saturated rings. The van der Waals surface area contributed by atoms with Gasteiger partial charge in [-0.05, 0) is 35.1 Å². The predicted molar refractivity (Wildman–Crippen MR) is 94.9 cm³/mol. The van der Waals surface area contributed by atoms with Crippen LogP contribution >= 0.6 is 0 Å². The van der Waals surface area contributed by atoms with Crippen LogP contribution in [0, 0.1) is 5.41 Å². The highest BCUT2D eigenvalue weighted by molar-refractivity contribution is 5.81. The zero-order chi connectivity index (χ0) is 17.9. The number of carbonyl (C=O) groups excluding carboxylic acids is 1. The Morgan fingerprint density at radius 2 is 1.62 bits per heavy atom. The minimum atomic E-state index is -0.803. The third-order valence-electron chi connectivity index (χ3n) is 6.19. The van der Waals surface area contributed by atoms with E-state index in [0.29, 0.717) is 12.8 Å². The van der Waals surface area contributed by atoms with E-state index in [4.69, 9.17) is 4.74 Å². The molecule has 6 rings (SSSR count). The van der Waals surface area contributed by atoms with Crippen LogP contribution in [0.15, 0.2) is 48.5 Å². The number of hydrogen-bond acceptors (Lipinski definition) is 3. The smallest absolute Gasteiger partial charge is 0.410 e. The summed E-state index contributed by atoms with van der Waals surface area (Å²) in [5.74, 6) is -0.778. The third kappa shape index (κ3) is 2.03. The molecule has 4 aliphatic rings. The second-order valence-corrected chi connectivity index (χ2v) is 7.58. The zero-order valence-corrected chi connectivity index (χ0v) is 14.2. The summed E-state index contributed by atoms with van der Waals surface area (Å²) in [6.07, 6.45) is 0.705. The van der Waals surface area contributed by atoms with E-state index < -0.39 is 17.5 Å². The molecule has 0 radical (unpaired) electrons.